The summed E-state index contributed by atoms with van der Waals surface area (Å²) in [5.74, 6) is -0.933. The summed E-state index contributed by atoms with van der Waals surface area (Å²) in [6, 6.07) is 0.349. The summed E-state index contributed by atoms with van der Waals surface area (Å²) in [5, 5.41) is 7.93. The van der Waals surface area contributed by atoms with Crippen LogP contribution in [0.15, 0.2) is 0 Å². The first kappa shape index (κ1) is 14.7. The summed E-state index contributed by atoms with van der Waals surface area (Å²) in [7, 11) is 0. The van der Waals surface area contributed by atoms with Gasteiger partial charge in [-0.25, -0.2) is 0 Å². The van der Waals surface area contributed by atoms with Crippen molar-refractivity contribution in [1.29, 1.82) is 0 Å². The van der Waals surface area contributed by atoms with Crippen molar-refractivity contribution in [3.05, 3.63) is 0 Å². The molecule has 0 aliphatic carbocycles. The zero-order valence-electron chi connectivity index (χ0n) is 9.87. The summed E-state index contributed by atoms with van der Waals surface area (Å²) in [6.45, 7) is 7.65. The summed E-state index contributed by atoms with van der Waals surface area (Å²) in [4.78, 5) is 12.8. The van der Waals surface area contributed by atoms with E-state index in [9.17, 15) is 4.79 Å². The van der Waals surface area contributed by atoms with E-state index in [2.05, 4.69) is 25.7 Å². The van der Waals surface area contributed by atoms with Crippen LogP contribution in [0.3, 0.4) is 0 Å². The maximum atomic E-state index is 10.6. The number of aliphatic carboxylic acids is 1. The highest BCUT2D eigenvalue weighted by Gasteiger charge is 2.19. The standard InChI is InChI=1S/C11H22ClNO2/c1-4-5-6-7-13(9(2)3)8-10(12)11(14)15/h9-10H,4-8H2,1-3H3,(H,14,15). The Morgan fingerprint density at radius 3 is 2.40 bits per heavy atom. The molecule has 0 fully saturated rings. The summed E-state index contributed by atoms with van der Waals surface area (Å²) in [5.41, 5.74) is 0. The lowest BCUT2D eigenvalue weighted by atomic mass is 10.2. The molecule has 3 nitrogen and oxygen atoms in total. The van der Waals surface area contributed by atoms with Crippen LogP contribution in [0.5, 0.6) is 0 Å². The van der Waals surface area contributed by atoms with Gasteiger partial charge in [-0.15, -0.1) is 11.6 Å². The Bertz CT molecular complexity index is 185. The van der Waals surface area contributed by atoms with E-state index in [4.69, 9.17) is 16.7 Å². The first-order chi connectivity index (χ1) is 6.99. The summed E-state index contributed by atoms with van der Waals surface area (Å²) >= 11 is 5.73. The lowest BCUT2D eigenvalue weighted by molar-refractivity contribution is -0.137. The van der Waals surface area contributed by atoms with Crippen LogP contribution in [0.2, 0.25) is 0 Å². The van der Waals surface area contributed by atoms with Gasteiger partial charge in [0.25, 0.3) is 0 Å². The molecule has 4 heteroatoms. The Morgan fingerprint density at radius 2 is 2.00 bits per heavy atom. The first-order valence-electron chi connectivity index (χ1n) is 5.60. The Labute approximate surface area is 97.4 Å². The molecule has 1 atom stereocenters. The quantitative estimate of drug-likeness (QED) is 0.519. The third kappa shape index (κ3) is 6.74. The molecule has 0 saturated heterocycles. The molecule has 90 valence electrons. The molecule has 0 saturated carbocycles. The maximum Gasteiger partial charge on any atom is 0.322 e. The average Bonchev–Trinajstić information content (AvgIpc) is 2.15. The molecule has 0 rings (SSSR count). The van der Waals surface area contributed by atoms with Crippen molar-refractivity contribution in [2.45, 2.75) is 51.5 Å². The number of halogens is 1. The highest BCUT2D eigenvalue weighted by molar-refractivity contribution is 6.29. The Morgan fingerprint density at radius 1 is 1.40 bits per heavy atom. The second kappa shape index (κ2) is 7.94. The number of carboxylic acid groups (broad SMARTS) is 1. The molecular formula is C11H22ClNO2. The number of carbonyl (C=O) groups is 1. The van der Waals surface area contributed by atoms with Crippen molar-refractivity contribution in [1.82, 2.24) is 4.90 Å². The van der Waals surface area contributed by atoms with Gasteiger partial charge >= 0.3 is 5.97 Å². The molecule has 0 aliphatic heterocycles. The van der Waals surface area contributed by atoms with Crippen molar-refractivity contribution in [3.8, 4) is 0 Å². The largest absolute Gasteiger partial charge is 0.480 e. The normalized spacial score (nSPS) is 13.5. The van der Waals surface area contributed by atoms with E-state index in [1.165, 1.54) is 12.8 Å². The third-order valence-electron chi connectivity index (χ3n) is 2.44. The predicted molar refractivity (Wildman–Crippen MR) is 63.5 cm³/mol. The van der Waals surface area contributed by atoms with E-state index >= 15 is 0 Å². The van der Waals surface area contributed by atoms with Crippen LogP contribution in [-0.2, 0) is 4.79 Å². The van der Waals surface area contributed by atoms with Gasteiger partial charge < -0.3 is 5.11 Å². The molecule has 0 spiro atoms. The van der Waals surface area contributed by atoms with Crippen molar-refractivity contribution in [3.63, 3.8) is 0 Å². The number of hydrogen-bond donors (Lipinski definition) is 1. The Balaban J connectivity index is 3.98. The minimum absolute atomic E-state index is 0.349. The third-order valence-corrected chi connectivity index (χ3v) is 2.77. The highest BCUT2D eigenvalue weighted by Crippen LogP contribution is 2.07. The number of alkyl halides is 1. The molecule has 0 aromatic carbocycles. The molecule has 1 N–H and O–H groups in total. The van der Waals surface area contributed by atoms with Crippen LogP contribution < -0.4 is 0 Å². The molecule has 0 aromatic heterocycles. The van der Waals surface area contributed by atoms with E-state index in [1.807, 2.05) is 0 Å². The van der Waals surface area contributed by atoms with Gasteiger partial charge in [0.2, 0.25) is 0 Å². The zero-order valence-corrected chi connectivity index (χ0v) is 10.6. The van der Waals surface area contributed by atoms with Crippen LogP contribution in [0.4, 0.5) is 0 Å². The van der Waals surface area contributed by atoms with Crippen LogP contribution in [0.25, 0.3) is 0 Å². The van der Waals surface area contributed by atoms with E-state index < -0.39 is 11.3 Å². The smallest absolute Gasteiger partial charge is 0.322 e. The molecule has 0 bridgehead atoms. The summed E-state index contributed by atoms with van der Waals surface area (Å²) < 4.78 is 0. The van der Waals surface area contributed by atoms with Crippen LogP contribution in [0.1, 0.15) is 40.0 Å². The lowest BCUT2D eigenvalue weighted by Gasteiger charge is -2.27. The predicted octanol–water partition coefficient (Wildman–Crippen LogP) is 2.58. The molecular weight excluding hydrogens is 214 g/mol. The van der Waals surface area contributed by atoms with Gasteiger partial charge in [-0.1, -0.05) is 19.8 Å². The minimum Gasteiger partial charge on any atom is -0.480 e. The van der Waals surface area contributed by atoms with Gasteiger partial charge in [-0.3, -0.25) is 9.69 Å². The number of hydrogen-bond acceptors (Lipinski definition) is 2. The van der Waals surface area contributed by atoms with E-state index in [-0.39, 0.29) is 0 Å². The molecule has 15 heavy (non-hydrogen) atoms. The van der Waals surface area contributed by atoms with Gasteiger partial charge in [0, 0.05) is 12.6 Å². The van der Waals surface area contributed by atoms with Gasteiger partial charge in [-0.2, -0.15) is 0 Å². The number of nitrogens with zero attached hydrogens (tertiary/aromatic N) is 1. The highest BCUT2D eigenvalue weighted by atomic mass is 35.5. The first-order valence-corrected chi connectivity index (χ1v) is 6.03. The Hall–Kier alpha value is -0.280. The number of rotatable bonds is 8. The molecule has 0 radical (unpaired) electrons. The second-order valence-corrected chi connectivity index (χ2v) is 4.63. The SMILES string of the molecule is CCCCCN(CC(Cl)C(=O)O)C(C)C. The number of carboxylic acids is 1. The van der Waals surface area contributed by atoms with Gasteiger partial charge in [0.15, 0.2) is 0 Å². The van der Waals surface area contributed by atoms with E-state index in [0.29, 0.717) is 12.6 Å². The fourth-order valence-electron chi connectivity index (χ4n) is 1.41. The molecule has 0 heterocycles. The van der Waals surface area contributed by atoms with Gasteiger partial charge in [0.05, 0.1) is 0 Å². The molecule has 1 unspecified atom stereocenters. The molecule has 0 aliphatic rings. The molecule has 0 amide bonds. The second-order valence-electron chi connectivity index (χ2n) is 4.10. The topological polar surface area (TPSA) is 40.5 Å². The van der Waals surface area contributed by atoms with Crippen molar-refractivity contribution in [2.24, 2.45) is 0 Å². The van der Waals surface area contributed by atoms with Crippen LogP contribution in [-0.4, -0.2) is 40.5 Å². The molecule has 0 aromatic rings. The summed E-state index contributed by atoms with van der Waals surface area (Å²) in [6.07, 6.45) is 3.47. The average molecular weight is 236 g/mol. The fourth-order valence-corrected chi connectivity index (χ4v) is 1.59. The van der Waals surface area contributed by atoms with Crippen molar-refractivity contribution < 1.29 is 9.90 Å². The van der Waals surface area contributed by atoms with Gasteiger partial charge in [-0.05, 0) is 26.8 Å². The van der Waals surface area contributed by atoms with E-state index in [1.54, 1.807) is 0 Å². The fraction of sp³-hybridized carbons (Fsp3) is 0.909. The van der Waals surface area contributed by atoms with Crippen LogP contribution >= 0.6 is 11.6 Å². The zero-order chi connectivity index (χ0) is 11.8. The maximum absolute atomic E-state index is 10.6. The van der Waals surface area contributed by atoms with Crippen LogP contribution in [0, 0.1) is 0 Å². The van der Waals surface area contributed by atoms with E-state index in [0.717, 1.165) is 13.0 Å². The van der Waals surface area contributed by atoms with Crippen molar-refractivity contribution >= 4 is 17.6 Å². The van der Waals surface area contributed by atoms with Crippen molar-refractivity contribution in [2.75, 3.05) is 13.1 Å². The van der Waals surface area contributed by atoms with Gasteiger partial charge in [0.1, 0.15) is 5.38 Å². The Kier molecular flexibility index (Phi) is 7.79. The lowest BCUT2D eigenvalue weighted by Crippen LogP contribution is -2.39. The monoisotopic (exact) mass is 235 g/mol. The number of unbranched alkanes of at least 4 members (excludes halogenated alkanes) is 2. The minimum atomic E-state index is -0.933.